The number of hydrogen-bond donors (Lipinski definition) is 2. The van der Waals surface area contributed by atoms with E-state index >= 15 is 0 Å². The van der Waals surface area contributed by atoms with E-state index in [-0.39, 0.29) is 6.10 Å². The smallest absolute Gasteiger partial charge is 0.0526 e. The van der Waals surface area contributed by atoms with Crippen molar-refractivity contribution in [3.8, 4) is 0 Å². The molecule has 13 heavy (non-hydrogen) atoms. The number of hydrogen-bond acceptors (Lipinski definition) is 2. The van der Waals surface area contributed by atoms with Crippen molar-refractivity contribution in [3.63, 3.8) is 0 Å². The highest BCUT2D eigenvalue weighted by Crippen LogP contribution is 2.18. The molecule has 0 bridgehead atoms. The van der Waals surface area contributed by atoms with Crippen molar-refractivity contribution in [2.45, 2.75) is 70.6 Å². The van der Waals surface area contributed by atoms with Crippen LogP contribution < -0.4 is 5.32 Å². The van der Waals surface area contributed by atoms with Crippen LogP contribution in [0, 0.1) is 0 Å². The third kappa shape index (κ3) is 4.63. The van der Waals surface area contributed by atoms with Crippen LogP contribution in [0.5, 0.6) is 0 Å². The molecule has 0 heterocycles. The molecule has 0 aromatic heterocycles. The fourth-order valence-corrected chi connectivity index (χ4v) is 2.25. The van der Waals surface area contributed by atoms with Gasteiger partial charge in [-0.1, -0.05) is 19.3 Å². The highest BCUT2D eigenvalue weighted by atomic mass is 16.3. The van der Waals surface area contributed by atoms with Crippen LogP contribution in [-0.2, 0) is 0 Å². The second-order valence-electron chi connectivity index (χ2n) is 4.49. The molecular formula is C11H23NO. The van der Waals surface area contributed by atoms with Crippen LogP contribution in [0.25, 0.3) is 0 Å². The van der Waals surface area contributed by atoms with Crippen LogP contribution in [0.15, 0.2) is 0 Å². The SMILES string of the molecule is C[C@H](C[C@@H](C)O)NC1CCCCC1. The first kappa shape index (κ1) is 11.0. The van der Waals surface area contributed by atoms with E-state index in [1.165, 1.54) is 32.1 Å². The van der Waals surface area contributed by atoms with Gasteiger partial charge in [0.1, 0.15) is 0 Å². The predicted octanol–water partition coefficient (Wildman–Crippen LogP) is 2.07. The summed E-state index contributed by atoms with van der Waals surface area (Å²) in [4.78, 5) is 0. The van der Waals surface area contributed by atoms with Crippen molar-refractivity contribution < 1.29 is 5.11 Å². The first-order valence-corrected chi connectivity index (χ1v) is 5.62. The van der Waals surface area contributed by atoms with Crippen LogP contribution in [0.3, 0.4) is 0 Å². The van der Waals surface area contributed by atoms with Gasteiger partial charge in [-0.15, -0.1) is 0 Å². The van der Waals surface area contributed by atoms with Gasteiger partial charge in [0.2, 0.25) is 0 Å². The highest BCUT2D eigenvalue weighted by molar-refractivity contribution is 4.75. The maximum atomic E-state index is 9.21. The quantitative estimate of drug-likeness (QED) is 0.702. The molecule has 2 N–H and O–H groups in total. The maximum absolute atomic E-state index is 9.21. The summed E-state index contributed by atoms with van der Waals surface area (Å²) < 4.78 is 0. The summed E-state index contributed by atoms with van der Waals surface area (Å²) in [6, 6.07) is 1.17. The third-order valence-electron chi connectivity index (χ3n) is 2.82. The molecule has 1 aliphatic carbocycles. The molecule has 0 amide bonds. The molecule has 2 atom stereocenters. The Labute approximate surface area is 81.7 Å². The fourth-order valence-electron chi connectivity index (χ4n) is 2.25. The van der Waals surface area contributed by atoms with Crippen LogP contribution in [0.1, 0.15) is 52.4 Å². The molecule has 2 nitrogen and oxygen atoms in total. The molecule has 0 spiro atoms. The zero-order valence-electron chi connectivity index (χ0n) is 8.92. The largest absolute Gasteiger partial charge is 0.393 e. The van der Waals surface area contributed by atoms with E-state index in [0.717, 1.165) is 6.42 Å². The van der Waals surface area contributed by atoms with Crippen LogP contribution in [0.4, 0.5) is 0 Å². The molecule has 1 saturated carbocycles. The number of rotatable bonds is 4. The average Bonchev–Trinajstić information content (AvgIpc) is 2.04. The molecule has 78 valence electrons. The van der Waals surface area contributed by atoms with Gasteiger partial charge < -0.3 is 10.4 Å². The molecule has 0 aliphatic heterocycles. The number of aliphatic hydroxyl groups is 1. The second-order valence-corrected chi connectivity index (χ2v) is 4.49. The first-order valence-electron chi connectivity index (χ1n) is 5.62. The summed E-state index contributed by atoms with van der Waals surface area (Å²) in [6.07, 6.45) is 7.50. The average molecular weight is 185 g/mol. The normalized spacial score (nSPS) is 24.2. The molecule has 1 rings (SSSR count). The van der Waals surface area contributed by atoms with E-state index in [1.54, 1.807) is 0 Å². The molecular weight excluding hydrogens is 162 g/mol. The summed E-state index contributed by atoms with van der Waals surface area (Å²) in [5.74, 6) is 0. The Morgan fingerprint density at radius 2 is 1.85 bits per heavy atom. The maximum Gasteiger partial charge on any atom is 0.0526 e. The van der Waals surface area contributed by atoms with Crippen molar-refractivity contribution in [1.82, 2.24) is 5.32 Å². The summed E-state index contributed by atoms with van der Waals surface area (Å²) >= 11 is 0. The summed E-state index contributed by atoms with van der Waals surface area (Å²) in [7, 11) is 0. The van der Waals surface area contributed by atoms with E-state index < -0.39 is 0 Å². The lowest BCUT2D eigenvalue weighted by atomic mass is 9.94. The van der Waals surface area contributed by atoms with Crippen molar-refractivity contribution in [2.24, 2.45) is 0 Å². The molecule has 2 heteroatoms. The zero-order chi connectivity index (χ0) is 9.68. The van der Waals surface area contributed by atoms with Gasteiger partial charge >= 0.3 is 0 Å². The van der Waals surface area contributed by atoms with Gasteiger partial charge in [-0.3, -0.25) is 0 Å². The minimum atomic E-state index is -0.175. The fraction of sp³-hybridized carbons (Fsp3) is 1.00. The third-order valence-corrected chi connectivity index (χ3v) is 2.82. The zero-order valence-corrected chi connectivity index (χ0v) is 8.92. The van der Waals surface area contributed by atoms with E-state index in [9.17, 15) is 5.11 Å². The van der Waals surface area contributed by atoms with Crippen molar-refractivity contribution in [1.29, 1.82) is 0 Å². The van der Waals surface area contributed by atoms with E-state index in [2.05, 4.69) is 12.2 Å². The Morgan fingerprint density at radius 1 is 1.23 bits per heavy atom. The van der Waals surface area contributed by atoms with Gasteiger partial charge in [-0.25, -0.2) is 0 Å². The first-order chi connectivity index (χ1) is 6.18. The summed E-state index contributed by atoms with van der Waals surface area (Å²) in [6.45, 7) is 4.03. The topological polar surface area (TPSA) is 32.3 Å². The lowest BCUT2D eigenvalue weighted by Crippen LogP contribution is -2.39. The lowest BCUT2D eigenvalue weighted by Gasteiger charge is -2.27. The number of aliphatic hydroxyl groups excluding tert-OH is 1. The van der Waals surface area contributed by atoms with E-state index in [1.807, 2.05) is 6.92 Å². The van der Waals surface area contributed by atoms with Gasteiger partial charge in [-0.05, 0) is 33.1 Å². The number of nitrogens with one attached hydrogen (secondary N) is 1. The van der Waals surface area contributed by atoms with Gasteiger partial charge in [-0.2, -0.15) is 0 Å². The molecule has 0 unspecified atom stereocenters. The molecule has 0 radical (unpaired) electrons. The van der Waals surface area contributed by atoms with Gasteiger partial charge in [0.15, 0.2) is 0 Å². The molecule has 0 aromatic carbocycles. The van der Waals surface area contributed by atoms with Crippen molar-refractivity contribution >= 4 is 0 Å². The second kappa shape index (κ2) is 5.61. The van der Waals surface area contributed by atoms with Crippen LogP contribution >= 0.6 is 0 Å². The van der Waals surface area contributed by atoms with Gasteiger partial charge in [0, 0.05) is 12.1 Å². The Balaban J connectivity index is 2.14. The molecule has 1 fully saturated rings. The highest BCUT2D eigenvalue weighted by Gasteiger charge is 2.15. The lowest BCUT2D eigenvalue weighted by molar-refractivity contribution is 0.165. The van der Waals surface area contributed by atoms with Crippen molar-refractivity contribution in [2.75, 3.05) is 0 Å². The minimum absolute atomic E-state index is 0.175. The standard InChI is InChI=1S/C11H23NO/c1-9(8-10(2)13)12-11-6-4-3-5-7-11/h9-13H,3-8H2,1-2H3/t9-,10-/m1/s1. The van der Waals surface area contributed by atoms with Crippen LogP contribution in [-0.4, -0.2) is 23.3 Å². The molecule has 0 saturated heterocycles. The molecule has 0 aromatic rings. The van der Waals surface area contributed by atoms with Gasteiger partial charge in [0.05, 0.1) is 6.10 Å². The minimum Gasteiger partial charge on any atom is -0.393 e. The van der Waals surface area contributed by atoms with Crippen LogP contribution in [0.2, 0.25) is 0 Å². The monoisotopic (exact) mass is 185 g/mol. The Hall–Kier alpha value is -0.0800. The van der Waals surface area contributed by atoms with E-state index in [4.69, 9.17) is 0 Å². The Morgan fingerprint density at radius 3 is 2.38 bits per heavy atom. The summed E-state index contributed by atoms with van der Waals surface area (Å²) in [5, 5.41) is 12.8. The van der Waals surface area contributed by atoms with Gasteiger partial charge in [0.25, 0.3) is 0 Å². The Bertz CT molecular complexity index is 130. The Kier molecular flexibility index (Phi) is 4.74. The predicted molar refractivity (Wildman–Crippen MR) is 55.8 cm³/mol. The summed E-state index contributed by atoms with van der Waals surface area (Å²) in [5.41, 5.74) is 0. The van der Waals surface area contributed by atoms with E-state index in [0.29, 0.717) is 12.1 Å². The molecule has 1 aliphatic rings. The van der Waals surface area contributed by atoms with Crippen molar-refractivity contribution in [3.05, 3.63) is 0 Å².